The van der Waals surface area contributed by atoms with Crippen molar-refractivity contribution in [3.8, 4) is 11.1 Å². The first kappa shape index (κ1) is 14.1. The minimum atomic E-state index is 0.756. The molecule has 1 N–H and O–H groups in total. The van der Waals surface area contributed by atoms with Crippen molar-refractivity contribution in [1.29, 1.82) is 0 Å². The maximum absolute atomic E-state index is 6.17. The fourth-order valence-corrected chi connectivity index (χ4v) is 2.73. The van der Waals surface area contributed by atoms with Gasteiger partial charge in [-0.05, 0) is 61.0 Å². The molecule has 3 aromatic rings. The minimum Gasteiger partial charge on any atom is -0.316 e. The minimum absolute atomic E-state index is 0.756. The molecule has 2 nitrogen and oxygen atoms in total. The van der Waals surface area contributed by atoms with E-state index in [2.05, 4.69) is 40.6 Å². The van der Waals surface area contributed by atoms with Crippen molar-refractivity contribution in [1.82, 2.24) is 10.3 Å². The number of halogens is 1. The van der Waals surface area contributed by atoms with Crippen LogP contribution in [0.3, 0.4) is 0 Å². The average Bonchev–Trinajstić information content (AvgIpc) is 2.49. The predicted molar refractivity (Wildman–Crippen MR) is 89.7 cm³/mol. The highest BCUT2D eigenvalue weighted by Crippen LogP contribution is 2.29. The summed E-state index contributed by atoms with van der Waals surface area (Å²) in [7, 11) is 1.95. The van der Waals surface area contributed by atoms with Gasteiger partial charge in [0.15, 0.2) is 0 Å². The number of pyridine rings is 1. The van der Waals surface area contributed by atoms with E-state index in [0.717, 1.165) is 28.2 Å². The second kappa shape index (κ2) is 5.84. The second-order valence-corrected chi connectivity index (χ2v) is 5.63. The van der Waals surface area contributed by atoms with Crippen LogP contribution in [0.1, 0.15) is 11.3 Å². The molecular weight excluding hydrogens is 280 g/mol. The summed E-state index contributed by atoms with van der Waals surface area (Å²) in [5.41, 5.74) is 5.63. The molecule has 2 aromatic carbocycles. The van der Waals surface area contributed by atoms with E-state index in [1.807, 2.05) is 32.2 Å². The zero-order valence-electron chi connectivity index (χ0n) is 12.2. The van der Waals surface area contributed by atoms with Gasteiger partial charge < -0.3 is 5.32 Å². The third-order valence-corrected chi connectivity index (χ3v) is 3.81. The molecule has 0 aliphatic carbocycles. The Balaban J connectivity index is 2.15. The Bertz CT molecular complexity index is 796. The van der Waals surface area contributed by atoms with Crippen LogP contribution < -0.4 is 5.32 Å². The third kappa shape index (κ3) is 2.92. The first-order valence-corrected chi connectivity index (χ1v) is 7.36. The van der Waals surface area contributed by atoms with E-state index in [-0.39, 0.29) is 0 Å². The molecule has 1 heterocycles. The number of nitrogens with one attached hydrogen (secondary N) is 1. The van der Waals surface area contributed by atoms with Gasteiger partial charge in [0.1, 0.15) is 0 Å². The van der Waals surface area contributed by atoms with E-state index in [4.69, 9.17) is 11.6 Å². The van der Waals surface area contributed by atoms with Crippen LogP contribution in [-0.4, -0.2) is 12.0 Å². The van der Waals surface area contributed by atoms with E-state index < -0.39 is 0 Å². The third-order valence-electron chi connectivity index (χ3n) is 3.58. The van der Waals surface area contributed by atoms with Gasteiger partial charge in [-0.2, -0.15) is 0 Å². The van der Waals surface area contributed by atoms with Crippen LogP contribution in [0.4, 0.5) is 0 Å². The maximum Gasteiger partial charge on any atom is 0.0705 e. The molecule has 0 saturated heterocycles. The van der Waals surface area contributed by atoms with Gasteiger partial charge in [0.25, 0.3) is 0 Å². The van der Waals surface area contributed by atoms with Gasteiger partial charge in [0, 0.05) is 22.6 Å². The molecule has 3 rings (SSSR count). The Hall–Kier alpha value is -1.90. The summed E-state index contributed by atoms with van der Waals surface area (Å²) in [5.74, 6) is 0. The quantitative estimate of drug-likeness (QED) is 0.765. The number of aryl methyl sites for hydroxylation is 1. The molecule has 21 heavy (non-hydrogen) atoms. The highest BCUT2D eigenvalue weighted by Gasteiger charge is 2.07. The van der Waals surface area contributed by atoms with E-state index in [0.29, 0.717) is 0 Å². The molecule has 0 saturated carbocycles. The molecule has 0 spiro atoms. The van der Waals surface area contributed by atoms with Crippen molar-refractivity contribution in [2.75, 3.05) is 7.05 Å². The topological polar surface area (TPSA) is 24.9 Å². The van der Waals surface area contributed by atoms with Crippen LogP contribution in [0.15, 0.2) is 48.5 Å². The van der Waals surface area contributed by atoms with Crippen LogP contribution in [-0.2, 0) is 6.54 Å². The average molecular weight is 297 g/mol. The van der Waals surface area contributed by atoms with Crippen LogP contribution in [0.5, 0.6) is 0 Å². The molecule has 106 valence electrons. The summed E-state index contributed by atoms with van der Waals surface area (Å²) in [4.78, 5) is 4.55. The molecule has 0 bridgehead atoms. The summed E-state index contributed by atoms with van der Waals surface area (Å²) in [6.07, 6.45) is 0. The van der Waals surface area contributed by atoms with E-state index in [9.17, 15) is 0 Å². The first-order valence-electron chi connectivity index (χ1n) is 6.98. The van der Waals surface area contributed by atoms with Crippen LogP contribution in [0, 0.1) is 6.92 Å². The van der Waals surface area contributed by atoms with Gasteiger partial charge in [0.2, 0.25) is 0 Å². The SMILES string of the molecule is CNCc1ccc(Cl)cc1-c1ccc2nc(C)ccc2c1. The molecule has 1 aromatic heterocycles. The Morgan fingerprint density at radius 1 is 1.05 bits per heavy atom. The first-order chi connectivity index (χ1) is 10.2. The molecule has 0 amide bonds. The Labute approximate surface area is 129 Å². The van der Waals surface area contributed by atoms with Crippen molar-refractivity contribution >= 4 is 22.5 Å². The number of rotatable bonds is 3. The smallest absolute Gasteiger partial charge is 0.0705 e. The second-order valence-electron chi connectivity index (χ2n) is 5.19. The summed E-state index contributed by atoms with van der Waals surface area (Å²) < 4.78 is 0. The van der Waals surface area contributed by atoms with E-state index >= 15 is 0 Å². The molecule has 0 fully saturated rings. The highest BCUT2D eigenvalue weighted by atomic mass is 35.5. The Morgan fingerprint density at radius 3 is 2.71 bits per heavy atom. The lowest BCUT2D eigenvalue weighted by atomic mass is 9.98. The van der Waals surface area contributed by atoms with Crippen LogP contribution in [0.2, 0.25) is 5.02 Å². The lowest BCUT2D eigenvalue weighted by Gasteiger charge is -2.11. The van der Waals surface area contributed by atoms with Crippen molar-refractivity contribution in [3.05, 3.63) is 64.8 Å². The largest absolute Gasteiger partial charge is 0.316 e. The lowest BCUT2D eigenvalue weighted by Crippen LogP contribution is -2.06. The standard InChI is InChI=1S/C18H17ClN2/c1-12-3-4-14-9-13(6-8-18(14)21-12)17-10-16(19)7-5-15(17)11-20-2/h3-10,20H,11H2,1-2H3. The summed E-state index contributed by atoms with van der Waals surface area (Å²) in [5, 5.41) is 5.11. The van der Waals surface area contributed by atoms with Gasteiger partial charge in [0.05, 0.1) is 5.52 Å². The van der Waals surface area contributed by atoms with Gasteiger partial charge in [-0.1, -0.05) is 29.8 Å². The number of fused-ring (bicyclic) bond motifs is 1. The normalized spacial score (nSPS) is 11.0. The van der Waals surface area contributed by atoms with Crippen LogP contribution in [0.25, 0.3) is 22.0 Å². The van der Waals surface area contributed by atoms with Gasteiger partial charge in [-0.25, -0.2) is 0 Å². The number of hydrogen-bond acceptors (Lipinski definition) is 2. The van der Waals surface area contributed by atoms with Crippen LogP contribution >= 0.6 is 11.6 Å². The van der Waals surface area contributed by atoms with E-state index in [1.54, 1.807) is 0 Å². The van der Waals surface area contributed by atoms with E-state index in [1.165, 1.54) is 16.7 Å². The predicted octanol–water partition coefficient (Wildman–Crippen LogP) is 4.58. The lowest BCUT2D eigenvalue weighted by molar-refractivity contribution is 0.819. The number of hydrogen-bond donors (Lipinski definition) is 1. The molecule has 0 aliphatic heterocycles. The zero-order valence-corrected chi connectivity index (χ0v) is 12.9. The molecule has 0 radical (unpaired) electrons. The molecular formula is C18H17ClN2. The van der Waals surface area contributed by atoms with Crippen molar-refractivity contribution in [2.45, 2.75) is 13.5 Å². The Kier molecular flexibility index (Phi) is 3.91. The molecule has 0 unspecified atom stereocenters. The molecule has 0 aliphatic rings. The summed E-state index contributed by atoms with van der Waals surface area (Å²) in [6.45, 7) is 2.83. The Morgan fingerprint density at radius 2 is 1.90 bits per heavy atom. The van der Waals surface area contributed by atoms with Gasteiger partial charge >= 0.3 is 0 Å². The molecule has 3 heteroatoms. The molecule has 0 atom stereocenters. The van der Waals surface area contributed by atoms with Crippen molar-refractivity contribution < 1.29 is 0 Å². The number of aromatic nitrogens is 1. The highest BCUT2D eigenvalue weighted by molar-refractivity contribution is 6.30. The summed E-state index contributed by atoms with van der Waals surface area (Å²) in [6, 6.07) is 16.5. The summed E-state index contributed by atoms with van der Waals surface area (Å²) >= 11 is 6.17. The number of nitrogens with zero attached hydrogens (tertiary/aromatic N) is 1. The number of benzene rings is 2. The van der Waals surface area contributed by atoms with Crippen molar-refractivity contribution in [2.24, 2.45) is 0 Å². The van der Waals surface area contributed by atoms with Crippen molar-refractivity contribution in [3.63, 3.8) is 0 Å². The maximum atomic E-state index is 6.17. The zero-order chi connectivity index (χ0) is 14.8. The monoisotopic (exact) mass is 296 g/mol. The van der Waals surface area contributed by atoms with Gasteiger partial charge in [-0.15, -0.1) is 0 Å². The fraction of sp³-hybridized carbons (Fsp3) is 0.167. The van der Waals surface area contributed by atoms with Gasteiger partial charge in [-0.3, -0.25) is 4.98 Å². The fourth-order valence-electron chi connectivity index (χ4n) is 2.56.